The van der Waals surface area contributed by atoms with E-state index in [1.165, 1.54) is 31.9 Å². The van der Waals surface area contributed by atoms with Crippen LogP contribution >= 0.6 is 0 Å². The fourth-order valence-electron chi connectivity index (χ4n) is 2.62. The first-order chi connectivity index (χ1) is 6.45. The van der Waals surface area contributed by atoms with Crippen LogP contribution in [0.1, 0.15) is 6.42 Å². The smallest absolute Gasteiger partial charge is 0.129 e. The Morgan fingerprint density at radius 3 is 2.92 bits per heavy atom. The second kappa shape index (κ2) is 2.96. The molecular formula is C9H16N4. The summed E-state index contributed by atoms with van der Waals surface area (Å²) in [6.07, 6.45) is 1.82. The molecule has 1 N–H and O–H groups in total. The van der Waals surface area contributed by atoms with Crippen molar-refractivity contribution in [3.63, 3.8) is 0 Å². The van der Waals surface area contributed by atoms with Crippen molar-refractivity contribution >= 4 is 5.84 Å². The van der Waals surface area contributed by atoms with E-state index in [2.05, 4.69) is 20.1 Å². The first-order valence-electron chi connectivity index (χ1n) is 5.21. The van der Waals surface area contributed by atoms with Crippen LogP contribution in [0, 0.1) is 0 Å². The predicted molar refractivity (Wildman–Crippen MR) is 51.9 cm³/mol. The molecule has 3 aliphatic rings. The van der Waals surface area contributed by atoms with Gasteiger partial charge in [-0.1, -0.05) is 0 Å². The summed E-state index contributed by atoms with van der Waals surface area (Å²) in [6, 6.07) is 0. The lowest BCUT2D eigenvalue weighted by Gasteiger charge is -2.48. The number of nitrogens with one attached hydrogen (secondary N) is 1. The minimum atomic E-state index is 0.497. The molecule has 72 valence electrons. The zero-order valence-electron chi connectivity index (χ0n) is 7.87. The molecular weight excluding hydrogens is 164 g/mol. The fraction of sp³-hybridized carbons (Fsp3) is 0.889. The maximum absolute atomic E-state index is 4.56. The van der Waals surface area contributed by atoms with Gasteiger partial charge in [0.05, 0.1) is 6.54 Å². The standard InChI is InChI=1S/C9H16N4/c1-4-12-6-2-10-8-9(12)13(5-1)7-3-11-8/h9H,1-7H2,(H,10,11). The lowest BCUT2D eigenvalue weighted by Crippen LogP contribution is -2.67. The van der Waals surface area contributed by atoms with Crippen molar-refractivity contribution in [2.24, 2.45) is 4.99 Å². The first kappa shape index (κ1) is 7.76. The summed E-state index contributed by atoms with van der Waals surface area (Å²) in [6.45, 7) is 6.88. The Hall–Kier alpha value is -0.610. The van der Waals surface area contributed by atoms with E-state index in [0.29, 0.717) is 6.17 Å². The number of hydrogen-bond donors (Lipinski definition) is 1. The molecule has 3 rings (SSSR count). The molecule has 0 bridgehead atoms. The van der Waals surface area contributed by atoms with E-state index < -0.39 is 0 Å². The van der Waals surface area contributed by atoms with Crippen molar-refractivity contribution in [3.05, 3.63) is 0 Å². The normalized spacial score (nSPS) is 34.8. The summed E-state index contributed by atoms with van der Waals surface area (Å²) < 4.78 is 0. The molecule has 2 fully saturated rings. The van der Waals surface area contributed by atoms with Gasteiger partial charge in [0, 0.05) is 32.7 Å². The van der Waals surface area contributed by atoms with E-state index in [4.69, 9.17) is 0 Å². The quantitative estimate of drug-likeness (QED) is 0.536. The summed E-state index contributed by atoms with van der Waals surface area (Å²) in [5, 5.41) is 3.42. The third kappa shape index (κ3) is 1.16. The maximum Gasteiger partial charge on any atom is 0.129 e. The van der Waals surface area contributed by atoms with Gasteiger partial charge in [0.15, 0.2) is 0 Å². The van der Waals surface area contributed by atoms with Crippen LogP contribution in [0.3, 0.4) is 0 Å². The molecule has 0 aliphatic carbocycles. The van der Waals surface area contributed by atoms with Crippen molar-refractivity contribution in [2.45, 2.75) is 12.6 Å². The minimum Gasteiger partial charge on any atom is -0.370 e. The molecule has 4 nitrogen and oxygen atoms in total. The largest absolute Gasteiger partial charge is 0.370 e. The molecule has 0 radical (unpaired) electrons. The third-order valence-electron chi connectivity index (χ3n) is 3.20. The average Bonchev–Trinajstić information content (AvgIpc) is 2.19. The number of nitrogens with zero attached hydrogens (tertiary/aromatic N) is 3. The highest BCUT2D eigenvalue weighted by atomic mass is 15.4. The monoisotopic (exact) mass is 180 g/mol. The maximum atomic E-state index is 4.56. The highest BCUT2D eigenvalue weighted by Gasteiger charge is 2.36. The summed E-state index contributed by atoms with van der Waals surface area (Å²) in [4.78, 5) is 9.66. The number of amidine groups is 1. The van der Waals surface area contributed by atoms with E-state index >= 15 is 0 Å². The van der Waals surface area contributed by atoms with E-state index in [-0.39, 0.29) is 0 Å². The van der Waals surface area contributed by atoms with Gasteiger partial charge < -0.3 is 5.32 Å². The second-order valence-corrected chi connectivity index (χ2v) is 3.99. The van der Waals surface area contributed by atoms with Crippen molar-refractivity contribution in [2.75, 3.05) is 39.3 Å². The van der Waals surface area contributed by atoms with E-state index in [0.717, 1.165) is 19.6 Å². The fourth-order valence-corrected chi connectivity index (χ4v) is 2.62. The van der Waals surface area contributed by atoms with Gasteiger partial charge in [-0.15, -0.1) is 0 Å². The van der Waals surface area contributed by atoms with Gasteiger partial charge in [-0.2, -0.15) is 0 Å². The van der Waals surface area contributed by atoms with E-state index in [1.54, 1.807) is 0 Å². The van der Waals surface area contributed by atoms with Crippen molar-refractivity contribution in [1.29, 1.82) is 0 Å². The topological polar surface area (TPSA) is 30.9 Å². The lowest BCUT2D eigenvalue weighted by atomic mass is 10.1. The molecule has 2 saturated heterocycles. The molecule has 0 amide bonds. The number of piperazine rings is 1. The van der Waals surface area contributed by atoms with Gasteiger partial charge >= 0.3 is 0 Å². The third-order valence-corrected chi connectivity index (χ3v) is 3.20. The van der Waals surface area contributed by atoms with Crippen molar-refractivity contribution in [3.8, 4) is 0 Å². The molecule has 13 heavy (non-hydrogen) atoms. The molecule has 1 unspecified atom stereocenters. The zero-order chi connectivity index (χ0) is 8.67. The molecule has 1 atom stereocenters. The number of hydrogen-bond acceptors (Lipinski definition) is 4. The summed E-state index contributed by atoms with van der Waals surface area (Å²) in [5.74, 6) is 1.22. The van der Waals surface area contributed by atoms with Gasteiger partial charge in [0.25, 0.3) is 0 Å². The van der Waals surface area contributed by atoms with Gasteiger partial charge in [-0.05, 0) is 6.42 Å². The molecule has 0 saturated carbocycles. The molecule has 0 spiro atoms. The Morgan fingerprint density at radius 1 is 1.15 bits per heavy atom. The summed E-state index contributed by atoms with van der Waals surface area (Å²) in [5.41, 5.74) is 0. The minimum absolute atomic E-state index is 0.497. The van der Waals surface area contributed by atoms with Crippen LogP contribution in [0.15, 0.2) is 4.99 Å². The highest BCUT2D eigenvalue weighted by molar-refractivity contribution is 5.88. The van der Waals surface area contributed by atoms with Crippen LogP contribution in [-0.4, -0.2) is 61.1 Å². The van der Waals surface area contributed by atoms with Crippen LogP contribution < -0.4 is 5.32 Å². The molecule has 3 aliphatic heterocycles. The number of aliphatic imine (C=N–C) groups is 1. The van der Waals surface area contributed by atoms with E-state index in [1.807, 2.05) is 0 Å². The molecule has 0 aromatic carbocycles. The van der Waals surface area contributed by atoms with Gasteiger partial charge in [0.1, 0.15) is 12.0 Å². The van der Waals surface area contributed by atoms with Crippen LogP contribution in [-0.2, 0) is 0 Å². The van der Waals surface area contributed by atoms with Gasteiger partial charge in [-0.3, -0.25) is 14.8 Å². The molecule has 4 heteroatoms. The number of rotatable bonds is 0. The highest BCUT2D eigenvalue weighted by Crippen LogP contribution is 2.19. The van der Waals surface area contributed by atoms with Gasteiger partial charge in [-0.25, -0.2) is 0 Å². The Bertz CT molecular complexity index is 236. The van der Waals surface area contributed by atoms with Crippen LogP contribution in [0.2, 0.25) is 0 Å². The van der Waals surface area contributed by atoms with Crippen LogP contribution in [0.4, 0.5) is 0 Å². The summed E-state index contributed by atoms with van der Waals surface area (Å²) in [7, 11) is 0. The Labute approximate surface area is 78.6 Å². The van der Waals surface area contributed by atoms with E-state index in [9.17, 15) is 0 Å². The van der Waals surface area contributed by atoms with Crippen molar-refractivity contribution in [1.82, 2.24) is 15.1 Å². The van der Waals surface area contributed by atoms with Crippen LogP contribution in [0.5, 0.6) is 0 Å². The Balaban J connectivity index is 1.91. The van der Waals surface area contributed by atoms with Crippen LogP contribution in [0.25, 0.3) is 0 Å². The van der Waals surface area contributed by atoms with Gasteiger partial charge in [0.2, 0.25) is 0 Å². The lowest BCUT2D eigenvalue weighted by molar-refractivity contribution is 0.0333. The SMILES string of the molecule is C1CN2CCN=C3NCCN(C1)C32. The first-order valence-corrected chi connectivity index (χ1v) is 5.21. The Kier molecular flexibility index (Phi) is 1.77. The molecule has 0 aromatic heterocycles. The zero-order valence-corrected chi connectivity index (χ0v) is 7.87. The molecule has 3 heterocycles. The molecule has 0 aromatic rings. The predicted octanol–water partition coefficient (Wildman–Crippen LogP) is -0.664. The Morgan fingerprint density at radius 2 is 2.00 bits per heavy atom. The van der Waals surface area contributed by atoms with Crippen molar-refractivity contribution < 1.29 is 0 Å². The second-order valence-electron chi connectivity index (χ2n) is 3.99. The summed E-state index contributed by atoms with van der Waals surface area (Å²) >= 11 is 0. The average molecular weight is 180 g/mol.